The number of anilines is 1. The first kappa shape index (κ1) is 17.2. The molecule has 136 valence electrons. The largest absolute Gasteiger partial charge is 0.490 e. The molecule has 2 aliphatic heterocycles. The Hall–Kier alpha value is -2.27. The van der Waals surface area contributed by atoms with E-state index in [-0.39, 0.29) is 6.04 Å². The molecular weight excluding hydrogens is 344 g/mol. The molecule has 0 radical (unpaired) electrons. The second kappa shape index (κ2) is 6.47. The van der Waals surface area contributed by atoms with E-state index in [1.165, 1.54) is 5.56 Å². The topological polar surface area (TPSA) is 33.7 Å². The third kappa shape index (κ3) is 2.71. The molecular formula is C21H24N2O2S. The van der Waals surface area contributed by atoms with Crippen molar-refractivity contribution in [3.8, 4) is 11.5 Å². The van der Waals surface area contributed by atoms with Crippen LogP contribution in [0.3, 0.4) is 0 Å². The first-order valence-electron chi connectivity index (χ1n) is 9.20. The molecule has 2 atom stereocenters. The van der Waals surface area contributed by atoms with Crippen LogP contribution in [-0.2, 0) is 6.42 Å². The number of hydrogen-bond acceptors (Lipinski definition) is 3. The Bertz CT molecular complexity index is 836. The first-order chi connectivity index (χ1) is 12.6. The van der Waals surface area contributed by atoms with Crippen LogP contribution in [0, 0.1) is 0 Å². The predicted molar refractivity (Wildman–Crippen MR) is 108 cm³/mol. The second-order valence-electron chi connectivity index (χ2n) is 6.95. The molecule has 0 amide bonds. The standard InChI is InChI=1S/C21H24N2O2S/c1-4-14-9-11-15(12-10-14)23-20(26)22-17-13-21(23,3)25-19-16(17)7-6-8-18(19)24-5-2/h6-12,17H,4-5,13H2,1-3H3,(H,22,26)/t17-,21+/m1/s1. The number of ether oxygens (including phenoxy) is 2. The van der Waals surface area contributed by atoms with Gasteiger partial charge in [-0.3, -0.25) is 4.90 Å². The lowest BCUT2D eigenvalue weighted by Crippen LogP contribution is -2.65. The Morgan fingerprint density at radius 3 is 2.69 bits per heavy atom. The smallest absolute Gasteiger partial charge is 0.188 e. The van der Waals surface area contributed by atoms with Crippen LogP contribution in [0.2, 0.25) is 0 Å². The van der Waals surface area contributed by atoms with Gasteiger partial charge in [-0.15, -0.1) is 0 Å². The van der Waals surface area contributed by atoms with Gasteiger partial charge in [0.25, 0.3) is 0 Å². The Kier molecular flexibility index (Phi) is 4.27. The molecule has 1 fully saturated rings. The molecule has 2 bridgehead atoms. The molecule has 0 unspecified atom stereocenters. The van der Waals surface area contributed by atoms with Crippen molar-refractivity contribution in [2.75, 3.05) is 11.5 Å². The molecule has 0 spiro atoms. The van der Waals surface area contributed by atoms with Crippen LogP contribution in [0.5, 0.6) is 11.5 Å². The summed E-state index contributed by atoms with van der Waals surface area (Å²) >= 11 is 5.71. The van der Waals surface area contributed by atoms with Crippen molar-refractivity contribution in [1.29, 1.82) is 0 Å². The summed E-state index contributed by atoms with van der Waals surface area (Å²) in [5, 5.41) is 4.19. The highest BCUT2D eigenvalue weighted by Crippen LogP contribution is 2.49. The number of thiocarbonyl (C=S) groups is 1. The fourth-order valence-corrected chi connectivity index (χ4v) is 4.34. The van der Waals surface area contributed by atoms with Crippen molar-refractivity contribution >= 4 is 23.0 Å². The normalized spacial score (nSPS) is 23.7. The summed E-state index contributed by atoms with van der Waals surface area (Å²) in [5.74, 6) is 1.61. The molecule has 1 saturated heterocycles. The average Bonchev–Trinajstić information content (AvgIpc) is 2.62. The minimum Gasteiger partial charge on any atom is -0.490 e. The number of para-hydroxylation sites is 1. The minimum atomic E-state index is -0.555. The minimum absolute atomic E-state index is 0.128. The average molecular weight is 369 g/mol. The van der Waals surface area contributed by atoms with Crippen molar-refractivity contribution in [3.63, 3.8) is 0 Å². The van der Waals surface area contributed by atoms with Crippen molar-refractivity contribution in [2.24, 2.45) is 0 Å². The molecule has 4 nitrogen and oxygen atoms in total. The van der Waals surface area contributed by atoms with Crippen LogP contribution in [0.25, 0.3) is 0 Å². The number of benzene rings is 2. The van der Waals surface area contributed by atoms with E-state index in [0.29, 0.717) is 11.7 Å². The highest BCUT2D eigenvalue weighted by Gasteiger charge is 2.49. The van der Waals surface area contributed by atoms with E-state index in [4.69, 9.17) is 21.7 Å². The maximum Gasteiger partial charge on any atom is 0.188 e. The Morgan fingerprint density at radius 1 is 1.23 bits per heavy atom. The van der Waals surface area contributed by atoms with Gasteiger partial charge >= 0.3 is 0 Å². The molecule has 5 heteroatoms. The van der Waals surface area contributed by atoms with E-state index in [9.17, 15) is 0 Å². The number of nitrogens with one attached hydrogen (secondary N) is 1. The fraction of sp³-hybridized carbons (Fsp3) is 0.381. The number of rotatable bonds is 4. The summed E-state index contributed by atoms with van der Waals surface area (Å²) in [7, 11) is 0. The van der Waals surface area contributed by atoms with Crippen LogP contribution in [0.1, 0.15) is 44.4 Å². The van der Waals surface area contributed by atoms with Gasteiger partial charge < -0.3 is 14.8 Å². The van der Waals surface area contributed by atoms with Gasteiger partial charge in [-0.2, -0.15) is 0 Å². The highest BCUT2D eigenvalue weighted by atomic mass is 32.1. The van der Waals surface area contributed by atoms with Crippen LogP contribution in [0.4, 0.5) is 5.69 Å². The summed E-state index contributed by atoms with van der Waals surface area (Å²) in [6.07, 6.45) is 1.83. The quantitative estimate of drug-likeness (QED) is 0.799. The maximum atomic E-state index is 6.54. The van der Waals surface area contributed by atoms with E-state index >= 15 is 0 Å². The van der Waals surface area contributed by atoms with Gasteiger partial charge in [-0.25, -0.2) is 0 Å². The molecule has 2 aromatic carbocycles. The first-order valence-corrected chi connectivity index (χ1v) is 9.61. The zero-order valence-corrected chi connectivity index (χ0v) is 16.2. The zero-order chi connectivity index (χ0) is 18.3. The molecule has 0 saturated carbocycles. The van der Waals surface area contributed by atoms with Crippen molar-refractivity contribution in [3.05, 3.63) is 53.6 Å². The molecule has 0 aliphatic carbocycles. The molecule has 2 aromatic rings. The number of fused-ring (bicyclic) bond motifs is 4. The molecule has 0 aromatic heterocycles. The van der Waals surface area contributed by atoms with Gasteiger partial charge in [0.15, 0.2) is 22.3 Å². The Balaban J connectivity index is 1.76. The highest BCUT2D eigenvalue weighted by molar-refractivity contribution is 7.80. The SMILES string of the molecule is CCOc1cccc2c1O[C@@]1(C)C[C@H]2NC(=S)N1c1ccc(CC)cc1. The summed E-state index contributed by atoms with van der Waals surface area (Å²) in [4.78, 5) is 2.09. The molecule has 4 rings (SSSR count). The van der Waals surface area contributed by atoms with E-state index in [2.05, 4.69) is 54.4 Å². The molecule has 2 aliphatic rings. The zero-order valence-electron chi connectivity index (χ0n) is 15.4. The third-order valence-electron chi connectivity index (χ3n) is 5.17. The Labute approximate surface area is 160 Å². The maximum absolute atomic E-state index is 6.54. The lowest BCUT2D eigenvalue weighted by atomic mass is 9.90. The van der Waals surface area contributed by atoms with Gasteiger partial charge in [0, 0.05) is 17.7 Å². The molecule has 26 heavy (non-hydrogen) atoms. The second-order valence-corrected chi connectivity index (χ2v) is 7.33. The van der Waals surface area contributed by atoms with E-state index in [1.807, 2.05) is 19.1 Å². The van der Waals surface area contributed by atoms with Gasteiger partial charge in [0.1, 0.15) is 0 Å². The predicted octanol–water partition coefficient (Wildman–Crippen LogP) is 4.58. The Morgan fingerprint density at radius 2 is 2.00 bits per heavy atom. The van der Waals surface area contributed by atoms with E-state index in [0.717, 1.165) is 35.6 Å². The summed E-state index contributed by atoms with van der Waals surface area (Å²) < 4.78 is 12.3. The summed E-state index contributed by atoms with van der Waals surface area (Å²) in [5.41, 5.74) is 2.90. The number of aryl methyl sites for hydroxylation is 1. The monoisotopic (exact) mass is 368 g/mol. The lowest BCUT2D eigenvalue weighted by Gasteiger charge is -2.52. The van der Waals surface area contributed by atoms with Crippen LogP contribution >= 0.6 is 12.2 Å². The van der Waals surface area contributed by atoms with Crippen molar-refractivity contribution < 1.29 is 9.47 Å². The van der Waals surface area contributed by atoms with Crippen molar-refractivity contribution in [1.82, 2.24) is 5.32 Å². The number of nitrogens with zero attached hydrogens (tertiary/aromatic N) is 1. The summed E-state index contributed by atoms with van der Waals surface area (Å²) in [6, 6.07) is 14.7. The molecule has 2 heterocycles. The van der Waals surface area contributed by atoms with Gasteiger partial charge in [0.05, 0.1) is 12.6 Å². The third-order valence-corrected chi connectivity index (χ3v) is 5.47. The van der Waals surface area contributed by atoms with E-state index in [1.54, 1.807) is 0 Å². The van der Waals surface area contributed by atoms with Crippen LogP contribution in [0.15, 0.2) is 42.5 Å². The molecule has 1 N–H and O–H groups in total. The van der Waals surface area contributed by atoms with E-state index < -0.39 is 5.72 Å². The van der Waals surface area contributed by atoms with Crippen LogP contribution in [-0.4, -0.2) is 17.4 Å². The van der Waals surface area contributed by atoms with Gasteiger partial charge in [0.2, 0.25) is 0 Å². The van der Waals surface area contributed by atoms with Crippen LogP contribution < -0.4 is 19.7 Å². The fourth-order valence-electron chi connectivity index (χ4n) is 3.90. The van der Waals surface area contributed by atoms with Crippen molar-refractivity contribution in [2.45, 2.75) is 45.4 Å². The number of hydrogen-bond donors (Lipinski definition) is 1. The lowest BCUT2D eigenvalue weighted by molar-refractivity contribution is 0.0457. The summed E-state index contributed by atoms with van der Waals surface area (Å²) in [6.45, 7) is 6.85. The van der Waals surface area contributed by atoms with Gasteiger partial charge in [-0.05, 0) is 56.2 Å². The van der Waals surface area contributed by atoms with Gasteiger partial charge in [-0.1, -0.05) is 31.2 Å².